The quantitative estimate of drug-likeness (QED) is 0.666. The maximum Gasteiger partial charge on any atom is 0.177 e. The van der Waals surface area contributed by atoms with E-state index in [0.29, 0.717) is 6.04 Å². The summed E-state index contributed by atoms with van der Waals surface area (Å²) >= 11 is 0. The minimum Gasteiger partial charge on any atom is -0.369 e. The Labute approximate surface area is 151 Å². The summed E-state index contributed by atoms with van der Waals surface area (Å²) < 4.78 is 0.979. The van der Waals surface area contributed by atoms with Gasteiger partial charge in [-0.1, -0.05) is 66.6 Å². The maximum atomic E-state index is 11.5. The number of rotatable bonds is 3. The molecule has 0 unspecified atom stereocenters. The van der Waals surface area contributed by atoms with Crippen LogP contribution < -0.4 is 0 Å². The zero-order valence-electron chi connectivity index (χ0n) is 15.3. The summed E-state index contributed by atoms with van der Waals surface area (Å²) in [5.41, 5.74) is 0.381. The third kappa shape index (κ3) is 3.79. The van der Waals surface area contributed by atoms with Gasteiger partial charge in [-0.05, 0) is 32.1 Å². The van der Waals surface area contributed by atoms with E-state index in [0.717, 1.165) is 22.2 Å². The first-order valence-electron chi connectivity index (χ1n) is 9.22. The van der Waals surface area contributed by atoms with Gasteiger partial charge in [0.15, 0.2) is 5.60 Å². The van der Waals surface area contributed by atoms with Crippen LogP contribution in [0.3, 0.4) is 0 Å². The summed E-state index contributed by atoms with van der Waals surface area (Å²) in [5.74, 6) is 6.55. The zero-order valence-corrected chi connectivity index (χ0v) is 15.3. The van der Waals surface area contributed by atoms with Gasteiger partial charge in [-0.2, -0.15) is 0 Å². The van der Waals surface area contributed by atoms with E-state index < -0.39 is 5.60 Å². The van der Waals surface area contributed by atoms with Crippen LogP contribution in [-0.2, 0) is 5.60 Å². The SMILES string of the molecule is C[C@@H]1CCCC[N@@+]1(C)CC#CC(O)(c1ccccc1)c1ccccc1. The minimum absolute atomic E-state index is 0.629. The first-order valence-corrected chi connectivity index (χ1v) is 9.22. The molecular formula is C23H28NO+. The van der Waals surface area contributed by atoms with Crippen LogP contribution in [0.5, 0.6) is 0 Å². The van der Waals surface area contributed by atoms with Crippen molar-refractivity contribution in [3.05, 3.63) is 71.8 Å². The Morgan fingerprint density at radius 3 is 2.08 bits per heavy atom. The average molecular weight is 334 g/mol. The van der Waals surface area contributed by atoms with Crippen LogP contribution in [0.15, 0.2) is 60.7 Å². The third-order valence-electron chi connectivity index (χ3n) is 5.70. The smallest absolute Gasteiger partial charge is 0.177 e. The molecule has 0 spiro atoms. The van der Waals surface area contributed by atoms with Crippen LogP contribution >= 0.6 is 0 Å². The molecule has 25 heavy (non-hydrogen) atoms. The maximum absolute atomic E-state index is 11.5. The number of piperidine rings is 1. The van der Waals surface area contributed by atoms with Crippen molar-refractivity contribution in [2.45, 2.75) is 37.8 Å². The van der Waals surface area contributed by atoms with Crippen molar-refractivity contribution in [2.75, 3.05) is 20.1 Å². The molecule has 1 fully saturated rings. The number of likely N-dealkylation sites (tertiary alicyclic amines) is 1. The second-order valence-electron chi connectivity index (χ2n) is 7.45. The van der Waals surface area contributed by atoms with Gasteiger partial charge in [-0.3, -0.25) is 0 Å². The van der Waals surface area contributed by atoms with E-state index >= 15 is 0 Å². The summed E-state index contributed by atoms with van der Waals surface area (Å²) in [6.45, 7) is 4.27. The Morgan fingerprint density at radius 2 is 1.56 bits per heavy atom. The lowest BCUT2D eigenvalue weighted by atomic mass is 9.87. The highest BCUT2D eigenvalue weighted by molar-refractivity contribution is 5.44. The van der Waals surface area contributed by atoms with E-state index in [1.54, 1.807) is 0 Å². The Morgan fingerprint density at radius 1 is 1.00 bits per heavy atom. The van der Waals surface area contributed by atoms with Crippen molar-refractivity contribution in [2.24, 2.45) is 0 Å². The standard InChI is InChI=1S/C23H28NO/c1-20-12-9-10-18-24(20,2)19-11-17-23(25,21-13-5-3-6-14-21)22-15-7-4-8-16-22/h3-8,13-16,20,25H,9-10,12,18-19H2,1-2H3/q+1/t20-,24+/m1/s1. The van der Waals surface area contributed by atoms with Crippen LogP contribution in [0.4, 0.5) is 0 Å². The fourth-order valence-electron chi connectivity index (χ4n) is 3.70. The molecule has 130 valence electrons. The van der Waals surface area contributed by atoms with Gasteiger partial charge in [0.05, 0.1) is 19.6 Å². The van der Waals surface area contributed by atoms with Gasteiger partial charge in [-0.15, -0.1) is 0 Å². The van der Waals surface area contributed by atoms with E-state index in [4.69, 9.17) is 0 Å². The molecule has 1 heterocycles. The zero-order chi connectivity index (χ0) is 17.8. The number of quaternary nitrogens is 1. The highest BCUT2D eigenvalue weighted by Gasteiger charge is 2.32. The second kappa shape index (κ2) is 7.44. The Hall–Kier alpha value is -2.08. The number of nitrogens with zero attached hydrogens (tertiary/aromatic N) is 1. The highest BCUT2D eigenvalue weighted by Crippen LogP contribution is 2.29. The first kappa shape index (κ1) is 17.7. The Kier molecular flexibility index (Phi) is 5.27. The molecule has 2 aromatic carbocycles. The van der Waals surface area contributed by atoms with Crippen LogP contribution in [0.25, 0.3) is 0 Å². The van der Waals surface area contributed by atoms with Crippen molar-refractivity contribution in [3.63, 3.8) is 0 Å². The number of aliphatic hydroxyl groups is 1. The van der Waals surface area contributed by atoms with E-state index in [-0.39, 0.29) is 0 Å². The summed E-state index contributed by atoms with van der Waals surface area (Å²) in [4.78, 5) is 0. The van der Waals surface area contributed by atoms with Crippen molar-refractivity contribution in [1.82, 2.24) is 0 Å². The second-order valence-corrected chi connectivity index (χ2v) is 7.45. The van der Waals surface area contributed by atoms with Crippen LogP contribution in [0.2, 0.25) is 0 Å². The molecule has 2 heteroatoms. The van der Waals surface area contributed by atoms with Gasteiger partial charge in [0, 0.05) is 11.1 Å². The lowest BCUT2D eigenvalue weighted by molar-refractivity contribution is -0.929. The van der Waals surface area contributed by atoms with Crippen molar-refractivity contribution in [1.29, 1.82) is 0 Å². The van der Waals surface area contributed by atoms with Gasteiger partial charge in [0.2, 0.25) is 0 Å². The first-order chi connectivity index (χ1) is 12.0. The lowest BCUT2D eigenvalue weighted by Crippen LogP contribution is -2.54. The molecule has 1 saturated heterocycles. The molecule has 0 amide bonds. The monoisotopic (exact) mass is 334 g/mol. The molecule has 0 aromatic heterocycles. The molecule has 2 aromatic rings. The molecule has 0 saturated carbocycles. The fraction of sp³-hybridized carbons (Fsp3) is 0.391. The summed E-state index contributed by atoms with van der Waals surface area (Å²) in [6, 6.07) is 20.1. The van der Waals surface area contributed by atoms with Gasteiger partial charge in [0.1, 0.15) is 6.54 Å². The van der Waals surface area contributed by atoms with E-state index in [2.05, 4.69) is 25.8 Å². The largest absolute Gasteiger partial charge is 0.369 e. The predicted octanol–water partition coefficient (Wildman–Crippen LogP) is 3.94. The van der Waals surface area contributed by atoms with Gasteiger partial charge in [-0.25, -0.2) is 0 Å². The number of hydrogen-bond donors (Lipinski definition) is 1. The van der Waals surface area contributed by atoms with Gasteiger partial charge >= 0.3 is 0 Å². The summed E-state index contributed by atoms with van der Waals surface area (Å²) in [6.07, 6.45) is 3.85. The van der Waals surface area contributed by atoms with E-state index in [1.165, 1.54) is 25.8 Å². The highest BCUT2D eigenvalue weighted by atomic mass is 16.3. The molecule has 1 aliphatic heterocycles. The normalized spacial score (nSPS) is 23.6. The molecular weight excluding hydrogens is 306 g/mol. The third-order valence-corrected chi connectivity index (χ3v) is 5.70. The Balaban J connectivity index is 1.92. The molecule has 0 bridgehead atoms. The minimum atomic E-state index is -1.26. The molecule has 0 radical (unpaired) electrons. The molecule has 1 aliphatic rings. The average Bonchev–Trinajstić information content (AvgIpc) is 2.65. The fourth-order valence-corrected chi connectivity index (χ4v) is 3.70. The molecule has 2 nitrogen and oxygen atoms in total. The van der Waals surface area contributed by atoms with Crippen LogP contribution in [0, 0.1) is 11.8 Å². The predicted molar refractivity (Wildman–Crippen MR) is 103 cm³/mol. The van der Waals surface area contributed by atoms with Gasteiger partial charge in [0.25, 0.3) is 0 Å². The summed E-state index contributed by atoms with van der Waals surface area (Å²) in [5, 5.41) is 11.5. The lowest BCUT2D eigenvalue weighted by Gasteiger charge is -2.42. The van der Waals surface area contributed by atoms with Crippen LogP contribution in [-0.4, -0.2) is 35.8 Å². The molecule has 1 N–H and O–H groups in total. The summed E-state index contributed by atoms with van der Waals surface area (Å²) in [7, 11) is 2.29. The van der Waals surface area contributed by atoms with Crippen molar-refractivity contribution >= 4 is 0 Å². The van der Waals surface area contributed by atoms with E-state index in [1.807, 2.05) is 60.7 Å². The number of hydrogen-bond acceptors (Lipinski definition) is 1. The van der Waals surface area contributed by atoms with Gasteiger partial charge < -0.3 is 9.59 Å². The molecule has 2 atom stereocenters. The van der Waals surface area contributed by atoms with Crippen LogP contribution in [0.1, 0.15) is 37.3 Å². The Bertz CT molecular complexity index is 704. The van der Waals surface area contributed by atoms with Crippen molar-refractivity contribution < 1.29 is 9.59 Å². The molecule has 0 aliphatic carbocycles. The topological polar surface area (TPSA) is 20.2 Å². The van der Waals surface area contributed by atoms with Crippen molar-refractivity contribution in [3.8, 4) is 11.8 Å². The number of benzene rings is 2. The molecule has 3 rings (SSSR count). The van der Waals surface area contributed by atoms with E-state index in [9.17, 15) is 5.11 Å².